The molecule has 5 heteroatoms. The van der Waals surface area contributed by atoms with Crippen molar-refractivity contribution in [1.29, 1.82) is 0 Å². The van der Waals surface area contributed by atoms with Crippen LogP contribution in [0.3, 0.4) is 0 Å². The maximum absolute atomic E-state index is 13.4. The van der Waals surface area contributed by atoms with Gasteiger partial charge in [-0.05, 0) is 32.9 Å². The van der Waals surface area contributed by atoms with E-state index < -0.39 is 6.10 Å². The number of hydrogen-bond acceptors (Lipinski definition) is 3. The van der Waals surface area contributed by atoms with Crippen LogP contribution in [0.2, 0.25) is 0 Å². The second-order valence-corrected chi connectivity index (χ2v) is 5.44. The molecule has 0 unspecified atom stereocenters. The molecule has 2 rings (SSSR count). The molecular formula is C13H18FN3O. The fourth-order valence-corrected chi connectivity index (χ4v) is 1.81. The summed E-state index contributed by atoms with van der Waals surface area (Å²) in [6.07, 6.45) is 0.711. The zero-order valence-corrected chi connectivity index (χ0v) is 10.8. The molecule has 1 aromatic heterocycles. The average Bonchev–Trinajstić information content (AvgIpc) is 2.71. The Kier molecular flexibility index (Phi) is 3.36. The predicted octanol–water partition coefficient (Wildman–Crippen LogP) is 2.12. The number of rotatable bonds is 3. The highest BCUT2D eigenvalue weighted by atomic mass is 19.1. The molecule has 1 atom stereocenters. The van der Waals surface area contributed by atoms with E-state index in [1.165, 1.54) is 18.5 Å². The first kappa shape index (κ1) is 13.0. The van der Waals surface area contributed by atoms with Gasteiger partial charge in [0.1, 0.15) is 5.82 Å². The predicted molar refractivity (Wildman–Crippen MR) is 68.8 cm³/mol. The first-order chi connectivity index (χ1) is 8.37. The number of benzene rings is 1. The number of halogens is 1. The van der Waals surface area contributed by atoms with Crippen LogP contribution in [0.4, 0.5) is 4.39 Å². The van der Waals surface area contributed by atoms with Crippen LogP contribution in [0.1, 0.15) is 32.4 Å². The maximum Gasteiger partial charge on any atom is 0.125 e. The van der Waals surface area contributed by atoms with Crippen molar-refractivity contribution in [1.82, 2.24) is 15.3 Å². The molecule has 18 heavy (non-hydrogen) atoms. The fraction of sp³-hybridized carbons (Fsp3) is 0.462. The number of aliphatic hydroxyl groups is 1. The molecule has 98 valence electrons. The minimum absolute atomic E-state index is 0.0982. The molecule has 1 heterocycles. The molecule has 0 spiro atoms. The van der Waals surface area contributed by atoms with Crippen LogP contribution in [-0.4, -0.2) is 27.2 Å². The Labute approximate surface area is 105 Å². The Hall–Kier alpha value is -1.46. The molecule has 0 aliphatic heterocycles. The SMILES string of the molecule is CC(C)(C)NC[C@H](O)c1cc(F)cc2[nH]cnc12. The van der Waals surface area contributed by atoms with Crippen molar-refractivity contribution < 1.29 is 9.50 Å². The summed E-state index contributed by atoms with van der Waals surface area (Å²) in [6.45, 7) is 6.38. The molecule has 0 bridgehead atoms. The van der Waals surface area contributed by atoms with E-state index in [2.05, 4.69) is 15.3 Å². The van der Waals surface area contributed by atoms with E-state index in [4.69, 9.17) is 0 Å². The van der Waals surface area contributed by atoms with Crippen LogP contribution in [0, 0.1) is 5.82 Å². The van der Waals surface area contributed by atoms with E-state index in [9.17, 15) is 9.50 Å². The van der Waals surface area contributed by atoms with Gasteiger partial charge < -0.3 is 15.4 Å². The van der Waals surface area contributed by atoms with Crippen LogP contribution < -0.4 is 5.32 Å². The molecule has 0 aliphatic rings. The number of aliphatic hydroxyl groups excluding tert-OH is 1. The number of fused-ring (bicyclic) bond motifs is 1. The van der Waals surface area contributed by atoms with Gasteiger partial charge >= 0.3 is 0 Å². The largest absolute Gasteiger partial charge is 0.387 e. The Morgan fingerprint density at radius 1 is 1.44 bits per heavy atom. The quantitative estimate of drug-likeness (QED) is 0.783. The van der Waals surface area contributed by atoms with E-state index in [0.29, 0.717) is 23.1 Å². The number of β-amino-alcohol motifs (C(OH)–C–C–N with tert-alkyl or cyclic N) is 1. The van der Waals surface area contributed by atoms with Gasteiger partial charge in [-0.1, -0.05) is 0 Å². The van der Waals surface area contributed by atoms with Gasteiger partial charge in [0.25, 0.3) is 0 Å². The average molecular weight is 251 g/mol. The number of nitrogens with one attached hydrogen (secondary N) is 2. The van der Waals surface area contributed by atoms with Crippen molar-refractivity contribution in [2.24, 2.45) is 0 Å². The summed E-state index contributed by atoms with van der Waals surface area (Å²) in [5.41, 5.74) is 1.61. The Morgan fingerprint density at radius 3 is 2.83 bits per heavy atom. The zero-order valence-electron chi connectivity index (χ0n) is 10.8. The Morgan fingerprint density at radius 2 is 2.17 bits per heavy atom. The van der Waals surface area contributed by atoms with Gasteiger partial charge in [-0.25, -0.2) is 9.37 Å². The lowest BCUT2D eigenvalue weighted by atomic mass is 10.0. The summed E-state index contributed by atoms with van der Waals surface area (Å²) in [5.74, 6) is -0.378. The summed E-state index contributed by atoms with van der Waals surface area (Å²) in [4.78, 5) is 6.96. The minimum atomic E-state index is -0.786. The lowest BCUT2D eigenvalue weighted by molar-refractivity contribution is 0.164. The van der Waals surface area contributed by atoms with Crippen molar-refractivity contribution >= 4 is 11.0 Å². The summed E-state index contributed by atoms with van der Waals surface area (Å²) in [5, 5.41) is 13.3. The third-order valence-corrected chi connectivity index (χ3v) is 2.70. The number of hydrogen-bond donors (Lipinski definition) is 3. The molecule has 0 saturated heterocycles. The van der Waals surface area contributed by atoms with Crippen LogP contribution in [0.25, 0.3) is 11.0 Å². The van der Waals surface area contributed by atoms with Crippen LogP contribution in [0.5, 0.6) is 0 Å². The molecule has 3 N–H and O–H groups in total. The summed E-state index contributed by atoms with van der Waals surface area (Å²) >= 11 is 0. The van der Waals surface area contributed by atoms with Gasteiger partial charge in [0.15, 0.2) is 0 Å². The van der Waals surface area contributed by atoms with Gasteiger partial charge in [0, 0.05) is 17.6 Å². The summed E-state index contributed by atoms with van der Waals surface area (Å²) in [7, 11) is 0. The second kappa shape index (κ2) is 4.66. The first-order valence-corrected chi connectivity index (χ1v) is 5.92. The van der Waals surface area contributed by atoms with Gasteiger partial charge in [-0.3, -0.25) is 0 Å². The van der Waals surface area contributed by atoms with Crippen LogP contribution >= 0.6 is 0 Å². The lowest BCUT2D eigenvalue weighted by Crippen LogP contribution is -2.38. The molecule has 4 nitrogen and oxygen atoms in total. The topological polar surface area (TPSA) is 60.9 Å². The van der Waals surface area contributed by atoms with E-state index in [1.807, 2.05) is 20.8 Å². The molecule has 0 saturated carbocycles. The van der Waals surface area contributed by atoms with Crippen LogP contribution in [0.15, 0.2) is 18.5 Å². The third-order valence-electron chi connectivity index (χ3n) is 2.70. The first-order valence-electron chi connectivity index (χ1n) is 5.92. The highest BCUT2D eigenvalue weighted by molar-refractivity contribution is 5.78. The third kappa shape index (κ3) is 2.86. The van der Waals surface area contributed by atoms with Gasteiger partial charge in [-0.2, -0.15) is 0 Å². The van der Waals surface area contributed by atoms with Crippen molar-refractivity contribution in [3.63, 3.8) is 0 Å². The molecule has 0 amide bonds. The van der Waals surface area contributed by atoms with E-state index in [0.717, 1.165) is 0 Å². The monoisotopic (exact) mass is 251 g/mol. The van der Waals surface area contributed by atoms with E-state index in [1.54, 1.807) is 0 Å². The molecule has 1 aromatic carbocycles. The number of aromatic amines is 1. The maximum atomic E-state index is 13.4. The smallest absolute Gasteiger partial charge is 0.125 e. The van der Waals surface area contributed by atoms with Gasteiger partial charge in [-0.15, -0.1) is 0 Å². The van der Waals surface area contributed by atoms with Crippen LogP contribution in [-0.2, 0) is 0 Å². The van der Waals surface area contributed by atoms with E-state index >= 15 is 0 Å². The van der Waals surface area contributed by atoms with Crippen molar-refractivity contribution in [3.05, 3.63) is 29.8 Å². The highest BCUT2D eigenvalue weighted by Gasteiger charge is 2.17. The highest BCUT2D eigenvalue weighted by Crippen LogP contribution is 2.23. The Balaban J connectivity index is 2.26. The zero-order chi connectivity index (χ0) is 13.3. The van der Waals surface area contributed by atoms with Gasteiger partial charge in [0.2, 0.25) is 0 Å². The molecule has 0 radical (unpaired) electrons. The normalized spacial score (nSPS) is 14.1. The van der Waals surface area contributed by atoms with Gasteiger partial charge in [0.05, 0.1) is 23.5 Å². The molecular weight excluding hydrogens is 233 g/mol. The molecule has 0 fully saturated rings. The van der Waals surface area contributed by atoms with Crippen molar-refractivity contribution in [3.8, 4) is 0 Å². The van der Waals surface area contributed by atoms with Crippen molar-refractivity contribution in [2.45, 2.75) is 32.4 Å². The van der Waals surface area contributed by atoms with E-state index in [-0.39, 0.29) is 11.4 Å². The molecule has 2 aromatic rings. The molecule has 0 aliphatic carbocycles. The number of nitrogens with zero attached hydrogens (tertiary/aromatic N) is 1. The number of imidazole rings is 1. The second-order valence-electron chi connectivity index (χ2n) is 5.44. The minimum Gasteiger partial charge on any atom is -0.387 e. The Bertz CT molecular complexity index is 545. The number of aromatic nitrogens is 2. The number of H-pyrrole nitrogens is 1. The summed E-state index contributed by atoms with van der Waals surface area (Å²) < 4.78 is 13.4. The van der Waals surface area contributed by atoms with Crippen molar-refractivity contribution in [2.75, 3.05) is 6.54 Å². The summed E-state index contributed by atoms with van der Waals surface area (Å²) in [6, 6.07) is 2.70. The standard InChI is InChI=1S/C13H18FN3O/c1-13(2,3)17-6-11(18)9-4-8(14)5-10-12(9)16-7-15-10/h4-5,7,11,17-18H,6H2,1-3H3,(H,15,16)/t11-/m0/s1. The fourth-order valence-electron chi connectivity index (χ4n) is 1.81. The lowest BCUT2D eigenvalue weighted by Gasteiger charge is -2.23.